The van der Waals surface area contributed by atoms with E-state index in [1.165, 1.54) is 30.5 Å². The van der Waals surface area contributed by atoms with E-state index in [0.717, 1.165) is 6.07 Å². The first-order valence-corrected chi connectivity index (χ1v) is 9.94. The van der Waals surface area contributed by atoms with Crippen molar-refractivity contribution >= 4 is 21.9 Å². The maximum atomic E-state index is 12.1. The van der Waals surface area contributed by atoms with Gasteiger partial charge in [0.2, 0.25) is 0 Å². The molecule has 0 fully saturated rings. The molecule has 1 N–H and O–H groups in total. The van der Waals surface area contributed by atoms with Gasteiger partial charge >= 0.3 is 0 Å². The minimum atomic E-state index is -3.78. The third-order valence-corrected chi connectivity index (χ3v) is 5.06. The fraction of sp³-hybridized carbons (Fsp3) is 0. The van der Waals surface area contributed by atoms with Gasteiger partial charge in [-0.3, -0.25) is 10.1 Å². The van der Waals surface area contributed by atoms with Crippen LogP contribution >= 0.6 is 0 Å². The molecular formula is C20H14N4O5S. The first-order chi connectivity index (χ1) is 14.4. The van der Waals surface area contributed by atoms with E-state index in [-0.39, 0.29) is 21.9 Å². The lowest BCUT2D eigenvalue weighted by atomic mass is 10.2. The van der Waals surface area contributed by atoms with Gasteiger partial charge in [0.25, 0.3) is 15.7 Å². The van der Waals surface area contributed by atoms with Crippen LogP contribution in [0.5, 0.6) is 11.5 Å². The highest BCUT2D eigenvalue weighted by Crippen LogP contribution is 2.28. The summed E-state index contributed by atoms with van der Waals surface area (Å²) in [6.07, 6.45) is 1.30. The summed E-state index contributed by atoms with van der Waals surface area (Å²) in [7, 11) is -3.78. The highest BCUT2D eigenvalue weighted by molar-refractivity contribution is 7.89. The Labute approximate surface area is 172 Å². The van der Waals surface area contributed by atoms with E-state index in [2.05, 4.69) is 9.93 Å². The van der Waals surface area contributed by atoms with Crippen LogP contribution in [0, 0.1) is 21.4 Å². The van der Waals surface area contributed by atoms with Crippen molar-refractivity contribution in [3.05, 3.63) is 94.0 Å². The zero-order valence-corrected chi connectivity index (χ0v) is 16.1. The van der Waals surface area contributed by atoms with E-state index in [0.29, 0.717) is 11.3 Å². The molecule has 3 rings (SSSR count). The van der Waals surface area contributed by atoms with Gasteiger partial charge in [-0.2, -0.15) is 18.8 Å². The average Bonchev–Trinajstić information content (AvgIpc) is 2.74. The number of rotatable bonds is 7. The molecule has 0 atom stereocenters. The standard InChI is InChI=1S/C20H14N4O5S/c21-13-16-12-17(24(25)26)9-10-20(16)29-18-6-4-5-15(11-18)14-22-23-30(27,28)19-7-2-1-3-8-19/h1-12,14,23H/b22-14-. The topological polar surface area (TPSA) is 135 Å². The predicted octanol–water partition coefficient (Wildman–Crippen LogP) is 3.57. The Hall–Kier alpha value is -4.23. The fourth-order valence-corrected chi connectivity index (χ4v) is 3.23. The van der Waals surface area contributed by atoms with Crippen LogP contribution in [0.15, 0.2) is 82.8 Å². The average molecular weight is 422 g/mol. The van der Waals surface area contributed by atoms with Gasteiger partial charge in [-0.15, -0.1) is 0 Å². The molecule has 0 bridgehead atoms. The van der Waals surface area contributed by atoms with Crippen LogP contribution < -0.4 is 9.57 Å². The summed E-state index contributed by atoms with van der Waals surface area (Å²) in [5, 5.41) is 23.8. The van der Waals surface area contributed by atoms with Crippen LogP contribution in [-0.4, -0.2) is 19.6 Å². The summed E-state index contributed by atoms with van der Waals surface area (Å²) in [6, 6.07) is 19.9. The van der Waals surface area contributed by atoms with Crippen LogP contribution in [-0.2, 0) is 10.0 Å². The van der Waals surface area contributed by atoms with Gasteiger partial charge in [0.1, 0.15) is 23.1 Å². The molecule has 0 radical (unpaired) electrons. The number of benzene rings is 3. The molecule has 0 aliphatic carbocycles. The van der Waals surface area contributed by atoms with E-state index in [1.807, 2.05) is 6.07 Å². The smallest absolute Gasteiger partial charge is 0.276 e. The molecule has 0 heterocycles. The molecule has 0 saturated heterocycles. The zero-order valence-electron chi connectivity index (χ0n) is 15.3. The molecule has 0 aliphatic rings. The van der Waals surface area contributed by atoms with Crippen molar-refractivity contribution in [1.29, 1.82) is 5.26 Å². The quantitative estimate of drug-likeness (QED) is 0.351. The van der Waals surface area contributed by atoms with Gasteiger partial charge in [0.15, 0.2) is 0 Å². The zero-order chi connectivity index (χ0) is 21.6. The molecule has 30 heavy (non-hydrogen) atoms. The van der Waals surface area contributed by atoms with E-state index >= 15 is 0 Å². The molecule has 3 aromatic rings. The van der Waals surface area contributed by atoms with Crippen molar-refractivity contribution < 1.29 is 18.1 Å². The number of hydrazone groups is 1. The summed E-state index contributed by atoms with van der Waals surface area (Å²) >= 11 is 0. The molecule has 150 valence electrons. The molecule has 0 amide bonds. The number of nitro benzene ring substituents is 1. The number of non-ortho nitro benzene ring substituents is 1. The van der Waals surface area contributed by atoms with Gasteiger partial charge in [-0.1, -0.05) is 30.3 Å². The molecule has 0 spiro atoms. The van der Waals surface area contributed by atoms with Crippen molar-refractivity contribution in [3.8, 4) is 17.6 Å². The number of nitro groups is 1. The largest absolute Gasteiger partial charge is 0.456 e. The first-order valence-electron chi connectivity index (χ1n) is 8.45. The summed E-state index contributed by atoms with van der Waals surface area (Å²) in [5.41, 5.74) is 0.327. The van der Waals surface area contributed by atoms with E-state index < -0.39 is 14.9 Å². The lowest BCUT2D eigenvalue weighted by molar-refractivity contribution is -0.384. The van der Waals surface area contributed by atoms with E-state index in [4.69, 9.17) is 4.74 Å². The Morgan fingerprint density at radius 1 is 1.07 bits per heavy atom. The highest BCUT2D eigenvalue weighted by atomic mass is 32.2. The number of hydrogen-bond acceptors (Lipinski definition) is 7. The molecule has 9 nitrogen and oxygen atoms in total. The minimum absolute atomic E-state index is 0.0129. The van der Waals surface area contributed by atoms with Gasteiger partial charge in [-0.25, -0.2) is 4.83 Å². The highest BCUT2D eigenvalue weighted by Gasteiger charge is 2.13. The number of ether oxygens (including phenoxy) is 1. The van der Waals surface area contributed by atoms with Crippen molar-refractivity contribution in [3.63, 3.8) is 0 Å². The van der Waals surface area contributed by atoms with Crippen LogP contribution in [0.4, 0.5) is 5.69 Å². The summed E-state index contributed by atoms with van der Waals surface area (Å²) in [5.74, 6) is 0.497. The Morgan fingerprint density at radius 2 is 1.83 bits per heavy atom. The van der Waals surface area contributed by atoms with Gasteiger partial charge < -0.3 is 4.74 Å². The second kappa shape index (κ2) is 8.85. The SMILES string of the molecule is N#Cc1cc([N+](=O)[O-])ccc1Oc1cccc(/C=N\NS(=O)(=O)c2ccccc2)c1. The third-order valence-electron chi connectivity index (χ3n) is 3.82. The van der Waals surface area contributed by atoms with Crippen LogP contribution in [0.1, 0.15) is 11.1 Å². The Morgan fingerprint density at radius 3 is 2.53 bits per heavy atom. The number of nitriles is 1. The van der Waals surface area contributed by atoms with Gasteiger partial charge in [-0.05, 0) is 35.9 Å². The molecule has 10 heteroatoms. The Balaban J connectivity index is 1.75. The number of hydrogen-bond donors (Lipinski definition) is 1. The van der Waals surface area contributed by atoms with E-state index in [1.54, 1.807) is 42.5 Å². The molecule has 0 unspecified atom stereocenters. The van der Waals surface area contributed by atoms with Crippen LogP contribution in [0.2, 0.25) is 0 Å². The second-order valence-corrected chi connectivity index (χ2v) is 7.55. The lowest BCUT2D eigenvalue weighted by Crippen LogP contribution is -2.18. The maximum Gasteiger partial charge on any atom is 0.276 e. The van der Waals surface area contributed by atoms with Crippen LogP contribution in [0.25, 0.3) is 0 Å². The molecular weight excluding hydrogens is 408 g/mol. The first kappa shape index (κ1) is 20.5. The molecule has 0 aromatic heterocycles. The molecule has 0 saturated carbocycles. The van der Waals surface area contributed by atoms with Crippen molar-refractivity contribution in [2.75, 3.05) is 0 Å². The fourth-order valence-electron chi connectivity index (χ4n) is 2.42. The maximum absolute atomic E-state index is 12.1. The van der Waals surface area contributed by atoms with Crippen LogP contribution in [0.3, 0.4) is 0 Å². The lowest BCUT2D eigenvalue weighted by Gasteiger charge is -2.08. The summed E-state index contributed by atoms with van der Waals surface area (Å²) in [4.78, 5) is 12.4. The Bertz CT molecular complexity index is 1250. The van der Waals surface area contributed by atoms with Gasteiger partial charge in [0.05, 0.1) is 16.0 Å². The second-order valence-electron chi connectivity index (χ2n) is 5.89. The van der Waals surface area contributed by atoms with Crippen molar-refractivity contribution in [2.24, 2.45) is 5.10 Å². The summed E-state index contributed by atoms with van der Waals surface area (Å²) in [6.45, 7) is 0. The normalized spacial score (nSPS) is 11.0. The van der Waals surface area contributed by atoms with Crippen molar-refractivity contribution in [2.45, 2.75) is 4.90 Å². The monoisotopic (exact) mass is 422 g/mol. The van der Waals surface area contributed by atoms with Crippen molar-refractivity contribution in [1.82, 2.24) is 4.83 Å². The van der Waals surface area contributed by atoms with E-state index in [9.17, 15) is 23.8 Å². The third kappa shape index (κ3) is 4.98. The molecule has 3 aromatic carbocycles. The number of nitrogens with one attached hydrogen (secondary N) is 1. The Kier molecular flexibility index (Phi) is 6.05. The van der Waals surface area contributed by atoms with Gasteiger partial charge in [0, 0.05) is 12.1 Å². The predicted molar refractivity (Wildman–Crippen MR) is 109 cm³/mol. The number of sulfonamides is 1. The molecule has 0 aliphatic heterocycles. The summed E-state index contributed by atoms with van der Waals surface area (Å²) < 4.78 is 29.9. The minimum Gasteiger partial charge on any atom is -0.456 e. The number of nitrogens with zero attached hydrogens (tertiary/aromatic N) is 3.